The number of nitrogens with one attached hydrogen (secondary N) is 4. The first-order valence-electron chi connectivity index (χ1n) is 37.0. The van der Waals surface area contributed by atoms with Gasteiger partial charge in [-0.15, -0.1) is 0 Å². The van der Waals surface area contributed by atoms with Gasteiger partial charge >= 0.3 is 84.4 Å². The molecule has 2 fully saturated rings. The number of amides is 3. The molecule has 666 valence electrons. The van der Waals surface area contributed by atoms with Crippen LogP contribution in [-0.4, -0.2) is 178 Å². The number of hydrogen-bond donors (Lipinski definition) is 9. The van der Waals surface area contributed by atoms with Crippen LogP contribution in [0.4, 0.5) is 50.1 Å². The molecule has 5 aliphatic heterocycles. The molecular formula is C78H111Br3F4HgN18O16S. The van der Waals surface area contributed by atoms with Crippen molar-refractivity contribution < 1.29 is 117 Å². The first-order valence-corrected chi connectivity index (χ1v) is 44.2. The van der Waals surface area contributed by atoms with Crippen LogP contribution in [0, 0.1) is 38.2 Å². The molecule has 34 nitrogen and oxygen atoms in total. The van der Waals surface area contributed by atoms with E-state index in [1.165, 1.54) is 50.2 Å². The number of carbonyl (C=O) groups excluding carboxylic acids is 5. The van der Waals surface area contributed by atoms with Gasteiger partial charge in [0.2, 0.25) is 17.8 Å². The third-order valence-electron chi connectivity index (χ3n) is 17.1. The summed E-state index contributed by atoms with van der Waals surface area (Å²) in [5.74, 6) is 4.61. The minimum absolute atomic E-state index is 0. The number of aromatic nitrogens is 6. The van der Waals surface area contributed by atoms with Crippen LogP contribution in [-0.2, 0) is 97.8 Å². The molecule has 0 unspecified atom stereocenters. The van der Waals surface area contributed by atoms with Crippen LogP contribution in [0.5, 0.6) is 0 Å². The van der Waals surface area contributed by atoms with Crippen LogP contribution in [0.1, 0.15) is 206 Å². The number of anilines is 3. The number of nitrogens with two attached hydrogens (primary N) is 4. The molecule has 6 aromatic rings. The van der Waals surface area contributed by atoms with E-state index in [1.807, 2.05) is 83.1 Å². The standard InChI is InChI=1S/C25H32BrFN6O4.C22H28BrFN6O4.C14H12BrFN4S.C11H22N2O4.2C2H4O2.2CH4.FH.Hg.H2/c1-13-20-19(31-22(28)29-13)10-18(16-8-7-14(27)9-17(16)26)30-21(20)32-35-12-15-11-33(25(5,6)36-15)23(34)37-24(2,3)4;1-11-18-17(29-20(25)27-11)8-16(14-6-5-12(24)7-15(14)23)28-19(18)30-33-10-13(31)9-26-21(32)34-22(2,3)4;1-6-12-11(20-14(17)18-6)5-10(19-13(12)21)8-3-2-7(16)4-9(8)15;1-10(2,3)17-9(14)13-6-8(7-15-12)16-11(13,4)5;2*1-2(3)4;;;;;/h7-9,15,18H,10-12H2,1-6H3,(H,30,32)(H2,28,29,31);5-7,13,16,31H,8-10H2,1-4H3,(H,26,32)(H,28,30)(H2,25,27,29);2-4,10H,5H2,1H3,(H,19,21)(H2,17,18,20);8H,6-7,12H2,1-5H3;2*1H3,(H,3,4);2*1H4;1H;;1H/q;;;;;;;;;+2;/p-2/t15-,18+;13-,16+;10-;8-;;;;;;;/m0010......./s1. The molecule has 13 N–H and O–H groups in total. The summed E-state index contributed by atoms with van der Waals surface area (Å²) in [6, 6.07) is 12.7. The number of aryl methyl sites for hydroxylation is 3. The van der Waals surface area contributed by atoms with Crippen LogP contribution < -0.4 is 44.7 Å². The zero-order chi connectivity index (χ0) is 87.9. The number of aliphatic hydroxyl groups is 1. The number of fused-ring (bicyclic) bond motifs is 3. The van der Waals surface area contributed by atoms with E-state index < -0.39 is 78.1 Å². The molecule has 43 heteroatoms. The average molecular weight is 2110 g/mol. The van der Waals surface area contributed by atoms with E-state index in [-0.39, 0.29) is 125 Å². The Morgan fingerprint density at radius 1 is 0.612 bits per heavy atom. The zero-order valence-electron chi connectivity index (χ0n) is 69.2. The second-order valence-corrected chi connectivity index (χ2v) is 37.4. The van der Waals surface area contributed by atoms with Gasteiger partial charge in [0.1, 0.15) is 76.1 Å². The molecule has 3 aromatic carbocycles. The normalized spacial score (nSPS) is 17.9. The molecule has 0 bridgehead atoms. The zero-order valence-corrected chi connectivity index (χ0v) is 80.2. The molecule has 2 saturated heterocycles. The maximum absolute atomic E-state index is 13.7. The predicted octanol–water partition coefficient (Wildman–Crippen LogP) is 12.7. The number of benzene rings is 3. The Balaban J connectivity index is 0.000000415. The second-order valence-electron chi connectivity index (χ2n) is 31.2. The first-order chi connectivity index (χ1) is 54.9. The largest absolute Gasteiger partial charge is 0.444 e. The summed E-state index contributed by atoms with van der Waals surface area (Å²) in [6.07, 6.45) is -1.58. The molecule has 8 heterocycles. The molecular weight excluding hydrogens is 1990 g/mol. The average Bonchev–Trinajstić information content (AvgIpc) is 1.22. The molecule has 11 rings (SSSR count). The number of aliphatic imine (C=N–C) groups is 2. The Bertz CT molecular complexity index is 4700. The van der Waals surface area contributed by atoms with Gasteiger partial charge in [0.05, 0.1) is 94.8 Å². The van der Waals surface area contributed by atoms with Crippen LogP contribution in [0.2, 0.25) is 0 Å². The molecule has 0 aliphatic carbocycles. The molecule has 0 saturated carbocycles. The van der Waals surface area contributed by atoms with Gasteiger partial charge in [-0.25, -0.2) is 74.3 Å². The Kier molecular flexibility index (Phi) is 39.4. The van der Waals surface area contributed by atoms with Crippen molar-refractivity contribution in [3.63, 3.8) is 0 Å². The van der Waals surface area contributed by atoms with Crippen molar-refractivity contribution in [3.8, 4) is 0 Å². The van der Waals surface area contributed by atoms with Gasteiger partial charge in [-0.05, 0) is 164 Å². The van der Waals surface area contributed by atoms with Crippen LogP contribution in [0.25, 0.3) is 0 Å². The van der Waals surface area contributed by atoms with Crippen molar-refractivity contribution in [2.45, 2.75) is 223 Å². The number of aliphatic hydroxyl groups excluding tert-OH is 1. The molecule has 121 heavy (non-hydrogen) atoms. The fourth-order valence-electron chi connectivity index (χ4n) is 12.3. The molecule has 0 spiro atoms. The van der Waals surface area contributed by atoms with Crippen molar-refractivity contribution in [2.24, 2.45) is 15.9 Å². The van der Waals surface area contributed by atoms with Crippen LogP contribution in [0.3, 0.4) is 0 Å². The fraction of sp³-hybridized carbons (Fsp3) is 0.513. The summed E-state index contributed by atoms with van der Waals surface area (Å²) >= 11 is 13.6. The van der Waals surface area contributed by atoms with Crippen molar-refractivity contribution in [3.05, 3.63) is 153 Å². The number of carbonyl (C=O) groups is 5. The van der Waals surface area contributed by atoms with Gasteiger partial charge in [0.15, 0.2) is 11.7 Å². The Hall–Kier alpha value is -8.30. The van der Waals surface area contributed by atoms with Gasteiger partial charge in [-0.1, -0.05) is 93.1 Å². The molecule has 5 aliphatic rings. The fourth-order valence-corrected chi connectivity index (χ4v) is 16.1. The van der Waals surface area contributed by atoms with Gasteiger partial charge < -0.3 is 61.5 Å². The topological polar surface area (TPSA) is 459 Å². The third-order valence-corrected chi connectivity index (χ3v) is 23.5. The monoisotopic (exact) mass is 2100 g/mol. The van der Waals surface area contributed by atoms with E-state index in [2.05, 4.69) is 109 Å². The van der Waals surface area contributed by atoms with E-state index >= 15 is 0 Å². The summed E-state index contributed by atoms with van der Waals surface area (Å²) in [4.78, 5) is 111. The van der Waals surface area contributed by atoms with Crippen LogP contribution >= 0.6 is 60.0 Å². The summed E-state index contributed by atoms with van der Waals surface area (Å²) in [5, 5.41) is 15.9. The summed E-state index contributed by atoms with van der Waals surface area (Å²) in [5.41, 5.74) is 28.8. The number of hydroxylamine groups is 2. The number of ether oxygens (including phenoxy) is 5. The maximum atomic E-state index is 13.7. The van der Waals surface area contributed by atoms with Gasteiger partial charge in [-0.3, -0.25) is 34.2 Å². The van der Waals surface area contributed by atoms with E-state index in [0.717, 1.165) is 33.6 Å². The number of halogens is 7. The van der Waals surface area contributed by atoms with E-state index in [0.29, 0.717) is 96.3 Å². The number of nitrogen functional groups attached to an aromatic ring is 3. The van der Waals surface area contributed by atoms with Crippen LogP contribution in [0.15, 0.2) is 78.0 Å². The second kappa shape index (κ2) is 45.4. The quantitative estimate of drug-likeness (QED) is 0.0152. The summed E-state index contributed by atoms with van der Waals surface area (Å²) in [6.45, 7) is 32.4. The molecule has 3 amide bonds. The number of nitrogens with zero attached hydrogens (tertiary/aromatic N) is 10. The van der Waals surface area contributed by atoms with Crippen molar-refractivity contribution >= 4 is 125 Å². The number of amidine groups is 2. The summed E-state index contributed by atoms with van der Waals surface area (Å²) < 4.78 is 79.0. The minimum atomic E-state index is -2.04. The molecule has 6 atom stereocenters. The van der Waals surface area contributed by atoms with Crippen molar-refractivity contribution in [2.75, 3.05) is 56.7 Å². The maximum Gasteiger partial charge on any atom is 0.412 e. The van der Waals surface area contributed by atoms with E-state index in [9.17, 15) is 42.3 Å². The van der Waals surface area contributed by atoms with E-state index in [1.54, 1.807) is 55.7 Å². The van der Waals surface area contributed by atoms with Crippen molar-refractivity contribution in [1.82, 2.24) is 61.3 Å². The van der Waals surface area contributed by atoms with Crippen molar-refractivity contribution in [1.29, 1.82) is 0 Å². The molecule has 3 aromatic heterocycles. The SMILES string of the molecule is C.C.CC(=O)[O][Hg][O]C(C)=O.CC(C)(C)OC(=O)N1C[C@@H](CON)OC1(C)C.Cc1nc(N)nc2c1C(=S)N[C@@H](c1ccc(F)cc1Br)C2.Cc1nc(N)nc2c1C(NOC[C@@H](O)CNC(=O)OC(C)(C)C)=N[C@@H](c1ccc(F)cc1Br)C2.Cc1nc(N)nc2c1C(NOC[C@@H]1CN(C(=O)OC(C)(C)C)C(C)(C)O1)=N[C@@H](c1ccc(F)cc1Br)C2.F.[HH]. The number of rotatable bonds is 15. The predicted molar refractivity (Wildman–Crippen MR) is 457 cm³/mol. The first kappa shape index (κ1) is 105. The Morgan fingerprint density at radius 2 is 0.983 bits per heavy atom. The van der Waals surface area contributed by atoms with Gasteiger partial charge in [0.25, 0.3) is 0 Å². The number of hydrogen-bond acceptors (Lipinski definition) is 31. The Labute approximate surface area is 747 Å². The summed E-state index contributed by atoms with van der Waals surface area (Å²) in [7, 11) is 0. The Morgan fingerprint density at radius 3 is 1.36 bits per heavy atom. The molecule has 0 radical (unpaired) electrons. The smallest absolute Gasteiger partial charge is 0.412 e. The third kappa shape index (κ3) is 31.8. The van der Waals surface area contributed by atoms with Gasteiger partial charge in [-0.2, -0.15) is 0 Å². The number of alkyl carbamates (subject to hydrolysis) is 1. The van der Waals surface area contributed by atoms with Gasteiger partial charge in [0, 0.05) is 40.7 Å². The number of thiocarbonyl (C=S) groups is 1. The van der Waals surface area contributed by atoms with E-state index in [4.69, 9.17) is 78.7 Å². The minimum Gasteiger partial charge on any atom is -0.444 e.